The summed E-state index contributed by atoms with van der Waals surface area (Å²) in [6.07, 6.45) is 0.638. The number of hydrogen-bond donors (Lipinski definition) is 1. The van der Waals surface area contributed by atoms with E-state index in [1.165, 1.54) is 11.3 Å². The maximum absolute atomic E-state index is 12.0. The molecular weight excluding hydrogens is 258 g/mol. The normalized spacial score (nSPS) is 29.9. The molecule has 2 aliphatic carbocycles. The lowest BCUT2D eigenvalue weighted by Gasteiger charge is -2.13. The van der Waals surface area contributed by atoms with Gasteiger partial charge in [-0.1, -0.05) is 19.9 Å². The maximum Gasteiger partial charge on any atom is 0.265 e. The highest BCUT2D eigenvalue weighted by Gasteiger charge is 2.65. The van der Waals surface area contributed by atoms with Gasteiger partial charge in [-0.3, -0.25) is 9.59 Å². The van der Waals surface area contributed by atoms with E-state index in [4.69, 9.17) is 0 Å². The molecule has 0 spiro atoms. The first-order valence-electron chi connectivity index (χ1n) is 6.51. The zero-order valence-corrected chi connectivity index (χ0v) is 12.1. The van der Waals surface area contributed by atoms with E-state index < -0.39 is 0 Å². The number of fused-ring (bicyclic) bond motifs is 1. The van der Waals surface area contributed by atoms with E-state index in [1.54, 1.807) is 6.07 Å². The van der Waals surface area contributed by atoms with Gasteiger partial charge >= 0.3 is 0 Å². The van der Waals surface area contributed by atoms with Crippen molar-refractivity contribution in [3.05, 3.63) is 33.7 Å². The lowest BCUT2D eigenvalue weighted by molar-refractivity contribution is -0.115. The fourth-order valence-corrected chi connectivity index (χ4v) is 3.95. The lowest BCUT2D eigenvalue weighted by Crippen LogP contribution is -2.24. The number of ketones is 1. The third-order valence-electron chi connectivity index (χ3n) is 4.52. The largest absolute Gasteiger partial charge is 0.325 e. The number of thiophene rings is 1. The van der Waals surface area contributed by atoms with Crippen LogP contribution in [0.5, 0.6) is 0 Å². The number of nitrogens with one attached hydrogen (secondary N) is 1. The topological polar surface area (TPSA) is 46.2 Å². The summed E-state index contributed by atoms with van der Waals surface area (Å²) in [7, 11) is 0. The third kappa shape index (κ3) is 1.86. The Labute approximate surface area is 116 Å². The third-order valence-corrected chi connectivity index (χ3v) is 5.39. The van der Waals surface area contributed by atoms with E-state index in [1.807, 2.05) is 18.4 Å². The van der Waals surface area contributed by atoms with Gasteiger partial charge in [0.25, 0.3) is 5.91 Å². The van der Waals surface area contributed by atoms with Crippen molar-refractivity contribution in [1.82, 2.24) is 5.32 Å². The zero-order chi connectivity index (χ0) is 13.8. The molecule has 1 heterocycles. The fraction of sp³-hybridized carbons (Fsp3) is 0.467. The number of carbonyl (C=O) groups excluding carboxylic acids is 2. The molecule has 2 fully saturated rings. The molecule has 4 heteroatoms. The molecule has 0 radical (unpaired) electrons. The van der Waals surface area contributed by atoms with Crippen molar-refractivity contribution in [2.24, 2.45) is 17.3 Å². The molecule has 3 rings (SSSR count). The highest BCUT2D eigenvalue weighted by molar-refractivity contribution is 7.12. The second-order valence-corrected chi connectivity index (χ2v) is 6.95. The predicted octanol–water partition coefficient (Wildman–Crippen LogP) is 3.00. The minimum atomic E-state index is -0.116. The summed E-state index contributed by atoms with van der Waals surface area (Å²) >= 11 is 1.41. The second-order valence-electron chi connectivity index (χ2n) is 6.00. The van der Waals surface area contributed by atoms with Gasteiger partial charge in [-0.2, -0.15) is 0 Å². The first-order chi connectivity index (χ1) is 8.93. The Morgan fingerprint density at radius 3 is 2.79 bits per heavy atom. The monoisotopic (exact) mass is 275 g/mol. The SMILES string of the molecule is C/C(NC(=O)c1cccs1)=C1\C(=O)C[C@H]2[C@@H]1C2(C)C. The van der Waals surface area contributed by atoms with Gasteiger partial charge in [-0.15, -0.1) is 11.3 Å². The van der Waals surface area contributed by atoms with Crippen molar-refractivity contribution in [2.75, 3.05) is 0 Å². The number of carbonyl (C=O) groups is 2. The predicted molar refractivity (Wildman–Crippen MR) is 74.9 cm³/mol. The van der Waals surface area contributed by atoms with Crippen LogP contribution in [0.15, 0.2) is 28.8 Å². The Kier molecular flexibility index (Phi) is 2.68. The van der Waals surface area contributed by atoms with Gasteiger partial charge in [0.05, 0.1) is 4.88 Å². The van der Waals surface area contributed by atoms with Crippen LogP contribution in [0.2, 0.25) is 0 Å². The Hall–Kier alpha value is -1.42. The lowest BCUT2D eigenvalue weighted by atomic mass is 9.95. The van der Waals surface area contributed by atoms with Gasteiger partial charge in [0.15, 0.2) is 5.78 Å². The van der Waals surface area contributed by atoms with Crippen molar-refractivity contribution in [1.29, 1.82) is 0 Å². The minimum absolute atomic E-state index is 0.116. The van der Waals surface area contributed by atoms with Gasteiger partial charge in [0.2, 0.25) is 0 Å². The van der Waals surface area contributed by atoms with E-state index in [9.17, 15) is 9.59 Å². The number of Topliss-reactive ketones (excluding diaryl/α,β-unsaturated/α-hetero) is 1. The number of amides is 1. The van der Waals surface area contributed by atoms with Gasteiger partial charge in [0, 0.05) is 17.7 Å². The van der Waals surface area contributed by atoms with E-state index in [0.29, 0.717) is 23.1 Å². The molecule has 1 amide bonds. The van der Waals surface area contributed by atoms with Crippen molar-refractivity contribution < 1.29 is 9.59 Å². The smallest absolute Gasteiger partial charge is 0.265 e. The number of allylic oxidation sites excluding steroid dienone is 2. The molecule has 0 saturated heterocycles. The molecule has 19 heavy (non-hydrogen) atoms. The van der Waals surface area contributed by atoms with E-state index in [-0.39, 0.29) is 17.1 Å². The van der Waals surface area contributed by atoms with Gasteiger partial charge in [-0.25, -0.2) is 0 Å². The van der Waals surface area contributed by atoms with Crippen LogP contribution in [0.1, 0.15) is 36.9 Å². The fourth-order valence-electron chi connectivity index (χ4n) is 3.33. The Bertz CT molecular complexity index is 583. The van der Waals surface area contributed by atoms with Crippen LogP contribution in [0.4, 0.5) is 0 Å². The van der Waals surface area contributed by atoms with Gasteiger partial charge < -0.3 is 5.32 Å². The van der Waals surface area contributed by atoms with Crippen LogP contribution in [-0.2, 0) is 4.79 Å². The summed E-state index contributed by atoms with van der Waals surface area (Å²) in [4.78, 5) is 24.7. The van der Waals surface area contributed by atoms with Crippen LogP contribution in [-0.4, -0.2) is 11.7 Å². The molecule has 1 aromatic heterocycles. The molecule has 2 saturated carbocycles. The van der Waals surface area contributed by atoms with Crippen LogP contribution in [0.3, 0.4) is 0 Å². The summed E-state index contributed by atoms with van der Waals surface area (Å²) in [6, 6.07) is 3.64. The molecule has 2 aliphatic rings. The van der Waals surface area contributed by atoms with Crippen LogP contribution in [0, 0.1) is 17.3 Å². The molecule has 1 N–H and O–H groups in total. The summed E-state index contributed by atoms with van der Waals surface area (Å²) in [5.74, 6) is 0.903. The van der Waals surface area contributed by atoms with Crippen molar-refractivity contribution in [3.63, 3.8) is 0 Å². The van der Waals surface area contributed by atoms with Crippen molar-refractivity contribution >= 4 is 23.0 Å². The molecule has 0 bridgehead atoms. The highest BCUT2D eigenvalue weighted by atomic mass is 32.1. The number of rotatable bonds is 2. The van der Waals surface area contributed by atoms with E-state index in [0.717, 1.165) is 11.3 Å². The first kappa shape index (κ1) is 12.6. The Morgan fingerprint density at radius 2 is 2.21 bits per heavy atom. The molecule has 100 valence electrons. The maximum atomic E-state index is 12.0. The molecule has 1 aromatic rings. The first-order valence-corrected chi connectivity index (χ1v) is 7.39. The Morgan fingerprint density at radius 1 is 1.47 bits per heavy atom. The van der Waals surface area contributed by atoms with Gasteiger partial charge in [-0.05, 0) is 35.6 Å². The zero-order valence-electron chi connectivity index (χ0n) is 11.3. The molecule has 3 nitrogen and oxygen atoms in total. The second kappa shape index (κ2) is 4.04. The summed E-state index contributed by atoms with van der Waals surface area (Å²) in [5.41, 5.74) is 1.81. The molecule has 0 aromatic carbocycles. The average Bonchev–Trinajstić information content (AvgIpc) is 2.82. The van der Waals surface area contributed by atoms with Gasteiger partial charge in [0.1, 0.15) is 0 Å². The minimum Gasteiger partial charge on any atom is -0.325 e. The van der Waals surface area contributed by atoms with Crippen LogP contribution >= 0.6 is 11.3 Å². The van der Waals surface area contributed by atoms with Crippen molar-refractivity contribution in [3.8, 4) is 0 Å². The standard InChI is InChI=1S/C15H17NO2S/c1-8(16-14(18)11-5-4-6-19-11)12-10(17)7-9-13(12)15(9,2)3/h4-6,9,13H,7H2,1-3H3,(H,16,18)/b12-8-/t9-,13-/m0/s1. The molecule has 0 aliphatic heterocycles. The summed E-state index contributed by atoms with van der Waals surface area (Å²) in [5, 5.41) is 4.75. The Balaban J connectivity index is 1.83. The van der Waals surface area contributed by atoms with Crippen LogP contribution < -0.4 is 5.32 Å². The summed E-state index contributed by atoms with van der Waals surface area (Å²) < 4.78 is 0. The highest BCUT2D eigenvalue weighted by Crippen LogP contribution is 2.68. The molecular formula is C15H17NO2S. The van der Waals surface area contributed by atoms with E-state index >= 15 is 0 Å². The quantitative estimate of drug-likeness (QED) is 0.843. The average molecular weight is 275 g/mol. The van der Waals surface area contributed by atoms with E-state index in [2.05, 4.69) is 19.2 Å². The van der Waals surface area contributed by atoms with Crippen LogP contribution in [0.25, 0.3) is 0 Å². The number of hydrogen-bond acceptors (Lipinski definition) is 3. The molecule has 0 unspecified atom stereocenters. The summed E-state index contributed by atoms with van der Waals surface area (Å²) in [6.45, 7) is 6.24. The van der Waals surface area contributed by atoms with Crippen molar-refractivity contribution in [2.45, 2.75) is 27.2 Å². The molecule has 2 atom stereocenters.